The number of halogens is 2. The first kappa shape index (κ1) is 13.7. The summed E-state index contributed by atoms with van der Waals surface area (Å²) in [6, 6.07) is 6.26. The van der Waals surface area contributed by atoms with Gasteiger partial charge in [-0.1, -0.05) is 37.9 Å². The van der Waals surface area contributed by atoms with Crippen LogP contribution in [0.4, 0.5) is 0 Å². The third-order valence-corrected chi connectivity index (χ3v) is 3.86. The number of fused-ring (bicyclic) bond motifs is 1. The van der Waals surface area contributed by atoms with E-state index < -0.39 is 0 Å². The van der Waals surface area contributed by atoms with Crippen LogP contribution < -0.4 is 0 Å². The molecule has 0 aliphatic heterocycles. The fourth-order valence-electron chi connectivity index (χ4n) is 2.49. The molecule has 1 aromatic heterocycles. The van der Waals surface area contributed by atoms with Crippen LogP contribution in [0.1, 0.15) is 45.0 Å². The van der Waals surface area contributed by atoms with Crippen molar-refractivity contribution >= 4 is 34.2 Å². The molecule has 0 fully saturated rings. The average Bonchev–Trinajstić information content (AvgIpc) is 2.76. The standard InChI is InChI=1S/C14H18Cl2N2/c1-3-6-10(4-2)18-13(9-15)17-12-8-5-7-11(16)14(12)18/h5,7-8,10H,3-4,6,9H2,1-2H3. The maximum absolute atomic E-state index is 6.33. The van der Waals surface area contributed by atoms with E-state index in [0.29, 0.717) is 11.9 Å². The zero-order valence-electron chi connectivity index (χ0n) is 10.8. The molecule has 0 aliphatic carbocycles. The predicted octanol–water partition coefficient (Wildman–Crippen LogP) is 5.18. The number of hydrogen-bond donors (Lipinski definition) is 0. The highest BCUT2D eigenvalue weighted by atomic mass is 35.5. The molecule has 0 saturated carbocycles. The highest BCUT2D eigenvalue weighted by Gasteiger charge is 2.18. The molecule has 2 aromatic rings. The third-order valence-electron chi connectivity index (χ3n) is 3.31. The van der Waals surface area contributed by atoms with Crippen LogP contribution in [0.25, 0.3) is 11.0 Å². The van der Waals surface area contributed by atoms with Gasteiger partial charge in [-0.2, -0.15) is 0 Å². The summed E-state index contributed by atoms with van der Waals surface area (Å²) >= 11 is 12.4. The van der Waals surface area contributed by atoms with E-state index in [4.69, 9.17) is 23.2 Å². The maximum atomic E-state index is 6.33. The summed E-state index contributed by atoms with van der Waals surface area (Å²) in [6.07, 6.45) is 3.33. The lowest BCUT2D eigenvalue weighted by molar-refractivity contribution is 0.448. The fraction of sp³-hybridized carbons (Fsp3) is 0.500. The summed E-state index contributed by atoms with van der Waals surface area (Å²) in [5, 5.41) is 0.755. The van der Waals surface area contributed by atoms with Crippen molar-refractivity contribution in [3.05, 3.63) is 29.0 Å². The van der Waals surface area contributed by atoms with Gasteiger partial charge in [-0.3, -0.25) is 0 Å². The lowest BCUT2D eigenvalue weighted by Crippen LogP contribution is -2.11. The average molecular weight is 285 g/mol. The van der Waals surface area contributed by atoms with Crippen molar-refractivity contribution in [2.45, 2.75) is 45.0 Å². The number of hydrogen-bond acceptors (Lipinski definition) is 1. The number of imidazole rings is 1. The summed E-state index contributed by atoms with van der Waals surface area (Å²) in [4.78, 5) is 4.59. The minimum Gasteiger partial charge on any atom is -0.323 e. The largest absolute Gasteiger partial charge is 0.323 e. The topological polar surface area (TPSA) is 17.8 Å². The van der Waals surface area contributed by atoms with Crippen molar-refractivity contribution in [3.8, 4) is 0 Å². The van der Waals surface area contributed by atoms with Crippen LogP contribution in [0, 0.1) is 0 Å². The second kappa shape index (κ2) is 5.94. The second-order valence-corrected chi connectivity index (χ2v) is 5.16. The van der Waals surface area contributed by atoms with E-state index in [1.807, 2.05) is 18.2 Å². The van der Waals surface area contributed by atoms with Crippen molar-refractivity contribution in [1.82, 2.24) is 9.55 Å². The normalized spacial score (nSPS) is 13.1. The van der Waals surface area contributed by atoms with Gasteiger partial charge >= 0.3 is 0 Å². The molecule has 0 radical (unpaired) electrons. The molecule has 1 aromatic carbocycles. The van der Waals surface area contributed by atoms with Gasteiger partial charge in [0.15, 0.2) is 0 Å². The first-order valence-corrected chi connectivity index (χ1v) is 7.35. The summed E-state index contributed by atoms with van der Waals surface area (Å²) in [6.45, 7) is 4.39. The maximum Gasteiger partial charge on any atom is 0.125 e. The van der Waals surface area contributed by atoms with E-state index in [-0.39, 0.29) is 0 Å². The lowest BCUT2D eigenvalue weighted by atomic mass is 10.1. The van der Waals surface area contributed by atoms with Crippen LogP contribution in [0.2, 0.25) is 5.02 Å². The molecule has 0 aliphatic rings. The molecule has 0 saturated heterocycles. The molecule has 4 heteroatoms. The lowest BCUT2D eigenvalue weighted by Gasteiger charge is -2.19. The molecule has 0 spiro atoms. The van der Waals surface area contributed by atoms with Gasteiger partial charge in [0.05, 0.1) is 21.9 Å². The summed E-state index contributed by atoms with van der Waals surface area (Å²) in [7, 11) is 0. The Morgan fingerprint density at radius 3 is 2.72 bits per heavy atom. The van der Waals surface area contributed by atoms with Crippen molar-refractivity contribution in [3.63, 3.8) is 0 Å². The Bertz CT molecular complexity index is 534. The Hall–Kier alpha value is -0.730. The molecule has 2 rings (SSSR count). The smallest absolute Gasteiger partial charge is 0.125 e. The summed E-state index contributed by atoms with van der Waals surface area (Å²) in [5.74, 6) is 1.34. The Balaban J connectivity index is 2.65. The zero-order valence-corrected chi connectivity index (χ0v) is 12.3. The van der Waals surface area contributed by atoms with Gasteiger partial charge < -0.3 is 4.57 Å². The summed E-state index contributed by atoms with van der Waals surface area (Å²) < 4.78 is 2.23. The van der Waals surface area contributed by atoms with E-state index in [1.165, 1.54) is 0 Å². The quantitative estimate of drug-likeness (QED) is 0.692. The molecule has 98 valence electrons. The molecule has 1 unspecified atom stereocenters. The fourth-order valence-corrected chi connectivity index (χ4v) is 2.94. The van der Waals surface area contributed by atoms with Gasteiger partial charge in [-0.25, -0.2) is 4.98 Å². The first-order chi connectivity index (χ1) is 8.72. The first-order valence-electron chi connectivity index (χ1n) is 6.44. The van der Waals surface area contributed by atoms with E-state index >= 15 is 0 Å². The predicted molar refractivity (Wildman–Crippen MR) is 78.5 cm³/mol. The third kappa shape index (κ3) is 2.36. The van der Waals surface area contributed by atoms with Gasteiger partial charge in [0.25, 0.3) is 0 Å². The molecule has 0 N–H and O–H groups in total. The van der Waals surface area contributed by atoms with E-state index in [0.717, 1.165) is 41.1 Å². The van der Waals surface area contributed by atoms with Gasteiger partial charge in [0.1, 0.15) is 5.82 Å². The van der Waals surface area contributed by atoms with Gasteiger partial charge in [-0.15, -0.1) is 11.6 Å². The molecule has 2 nitrogen and oxygen atoms in total. The molecule has 0 amide bonds. The van der Waals surface area contributed by atoms with Gasteiger partial charge in [0.2, 0.25) is 0 Å². The van der Waals surface area contributed by atoms with Crippen LogP contribution in [-0.4, -0.2) is 9.55 Å². The Kier molecular flexibility index (Phi) is 4.52. The number of aromatic nitrogens is 2. The number of rotatable bonds is 5. The van der Waals surface area contributed by atoms with Crippen LogP contribution in [0.15, 0.2) is 18.2 Å². The second-order valence-electron chi connectivity index (χ2n) is 4.49. The molecular weight excluding hydrogens is 267 g/mol. The van der Waals surface area contributed by atoms with Crippen molar-refractivity contribution in [1.29, 1.82) is 0 Å². The van der Waals surface area contributed by atoms with Crippen LogP contribution in [0.3, 0.4) is 0 Å². The molecule has 1 atom stereocenters. The Morgan fingerprint density at radius 1 is 1.33 bits per heavy atom. The molecular formula is C14H18Cl2N2. The highest BCUT2D eigenvalue weighted by molar-refractivity contribution is 6.35. The van der Waals surface area contributed by atoms with Crippen molar-refractivity contribution in [2.75, 3.05) is 0 Å². The minimum absolute atomic E-state index is 0.422. The number of nitrogens with zero attached hydrogens (tertiary/aromatic N) is 2. The minimum atomic E-state index is 0.422. The van der Waals surface area contributed by atoms with Crippen molar-refractivity contribution < 1.29 is 0 Å². The van der Waals surface area contributed by atoms with Crippen LogP contribution >= 0.6 is 23.2 Å². The van der Waals surface area contributed by atoms with Gasteiger partial charge in [-0.05, 0) is 25.0 Å². The van der Waals surface area contributed by atoms with Gasteiger partial charge in [0, 0.05) is 6.04 Å². The summed E-state index contributed by atoms with van der Waals surface area (Å²) in [5.41, 5.74) is 1.96. The van der Waals surface area contributed by atoms with Crippen LogP contribution in [-0.2, 0) is 5.88 Å². The SMILES string of the molecule is CCCC(CC)n1c(CCl)nc2cccc(Cl)c21. The van der Waals surface area contributed by atoms with E-state index in [1.54, 1.807) is 0 Å². The number of alkyl halides is 1. The monoisotopic (exact) mass is 284 g/mol. The highest BCUT2D eigenvalue weighted by Crippen LogP contribution is 2.31. The van der Waals surface area contributed by atoms with E-state index in [2.05, 4.69) is 23.4 Å². The Labute approximate surface area is 118 Å². The molecule has 0 bridgehead atoms. The number of para-hydroxylation sites is 1. The van der Waals surface area contributed by atoms with Crippen LogP contribution in [0.5, 0.6) is 0 Å². The molecule has 18 heavy (non-hydrogen) atoms. The van der Waals surface area contributed by atoms with E-state index in [9.17, 15) is 0 Å². The zero-order chi connectivity index (χ0) is 13.1. The molecule has 1 heterocycles. The number of benzene rings is 1. The van der Waals surface area contributed by atoms with Crippen molar-refractivity contribution in [2.24, 2.45) is 0 Å². The Morgan fingerprint density at radius 2 is 2.11 bits per heavy atom.